The molecule has 0 spiro atoms. The average Bonchev–Trinajstić information content (AvgIpc) is 3.28. The molecule has 6 aliphatic rings. The molecule has 5 aliphatic carbocycles. The number of piperidine rings is 1. The molecule has 2 unspecified atom stereocenters. The van der Waals surface area contributed by atoms with Gasteiger partial charge in [0.25, 0.3) is 0 Å². The van der Waals surface area contributed by atoms with Crippen LogP contribution in [0.3, 0.4) is 0 Å². The Bertz CT molecular complexity index is 835. The van der Waals surface area contributed by atoms with Crippen LogP contribution in [0, 0.1) is 41.6 Å². The molecule has 4 bridgehead atoms. The van der Waals surface area contributed by atoms with Crippen molar-refractivity contribution in [2.24, 2.45) is 35.0 Å². The Labute approximate surface area is 175 Å². The summed E-state index contributed by atoms with van der Waals surface area (Å²) in [6.45, 7) is 7.51. The summed E-state index contributed by atoms with van der Waals surface area (Å²) in [5, 5.41) is 30.6. The van der Waals surface area contributed by atoms with Crippen LogP contribution in [-0.2, 0) is 14.4 Å². The van der Waals surface area contributed by atoms with Gasteiger partial charge >= 0.3 is 18.1 Å². The van der Waals surface area contributed by atoms with Gasteiger partial charge in [0.15, 0.2) is 0 Å². The summed E-state index contributed by atoms with van der Waals surface area (Å²) < 4.78 is 0. The number of nitrogens with zero attached hydrogens (tertiary/aromatic N) is 2. The largest absolute Gasteiger partial charge is 0.481 e. The highest BCUT2D eigenvalue weighted by molar-refractivity contribution is 5.89. The maximum Gasteiger partial charge on any atom is 0.307 e. The van der Waals surface area contributed by atoms with Gasteiger partial charge in [-0.05, 0) is 68.1 Å². The molecule has 9 atom stereocenters. The molecule has 1 heterocycles. The molecule has 6 rings (SSSR count). The summed E-state index contributed by atoms with van der Waals surface area (Å²) in [5.41, 5.74) is -1.59. The van der Waals surface area contributed by atoms with Gasteiger partial charge in [0.05, 0.1) is 23.9 Å². The molecule has 0 radical (unpaired) electrons. The molecule has 0 aromatic carbocycles. The number of amides is 1. The first-order valence-electron chi connectivity index (χ1n) is 11.0. The fourth-order valence-corrected chi connectivity index (χ4v) is 8.06. The van der Waals surface area contributed by atoms with E-state index in [1.807, 2.05) is 0 Å². The second-order valence-electron chi connectivity index (χ2n) is 10.7. The van der Waals surface area contributed by atoms with E-state index in [1.165, 1.54) is 0 Å². The van der Waals surface area contributed by atoms with Crippen LogP contribution in [0.1, 0.15) is 57.8 Å². The van der Waals surface area contributed by atoms with Crippen molar-refractivity contribution in [2.75, 3.05) is 0 Å². The summed E-state index contributed by atoms with van der Waals surface area (Å²) in [4.78, 5) is 43.0. The normalized spacial score (nSPS) is 44.8. The fourth-order valence-electron chi connectivity index (χ4n) is 8.06. The highest BCUT2D eigenvalue weighted by atomic mass is 16.4. The third-order valence-corrected chi connectivity index (χ3v) is 8.60. The zero-order valence-corrected chi connectivity index (χ0v) is 16.9. The van der Waals surface area contributed by atoms with Crippen molar-refractivity contribution >= 4 is 17.8 Å². The number of aliphatic carboxylic acids is 2. The van der Waals surface area contributed by atoms with Gasteiger partial charge in [0, 0.05) is 12.5 Å². The van der Waals surface area contributed by atoms with E-state index >= 15 is 0 Å². The summed E-state index contributed by atoms with van der Waals surface area (Å²) in [5.74, 6) is -4.44. The Morgan fingerprint density at radius 3 is 2.27 bits per heavy atom. The minimum absolute atomic E-state index is 0.0182. The van der Waals surface area contributed by atoms with Gasteiger partial charge in [-0.15, -0.1) is 0 Å². The summed E-state index contributed by atoms with van der Waals surface area (Å²) in [6, 6.07) is -0.0182. The van der Waals surface area contributed by atoms with E-state index < -0.39 is 47.4 Å². The van der Waals surface area contributed by atoms with Gasteiger partial charge in [-0.2, -0.15) is 0 Å². The molecule has 6 fully saturated rings. The van der Waals surface area contributed by atoms with Gasteiger partial charge in [-0.25, -0.2) is 6.57 Å². The lowest BCUT2D eigenvalue weighted by atomic mass is 9.43. The molecule has 8 nitrogen and oxygen atoms in total. The Kier molecular flexibility index (Phi) is 4.24. The van der Waals surface area contributed by atoms with Crippen LogP contribution < -0.4 is 0 Å². The molecular weight excluding hydrogens is 388 g/mol. The number of carbonyl (C=O) groups excluding carboxylic acids is 1. The van der Waals surface area contributed by atoms with Crippen LogP contribution in [0.2, 0.25) is 0 Å². The molecule has 1 amide bonds. The minimum Gasteiger partial charge on any atom is -0.481 e. The number of carboxylic acids is 2. The second-order valence-corrected chi connectivity index (χ2v) is 10.7. The van der Waals surface area contributed by atoms with E-state index in [0.717, 1.165) is 12.8 Å². The summed E-state index contributed by atoms with van der Waals surface area (Å²) in [6.07, 6.45) is 4.29. The monoisotopic (exact) mass is 416 g/mol. The highest BCUT2D eigenvalue weighted by Crippen LogP contribution is 2.66. The van der Waals surface area contributed by atoms with Crippen molar-refractivity contribution in [3.05, 3.63) is 11.4 Å². The van der Waals surface area contributed by atoms with Gasteiger partial charge in [0.2, 0.25) is 5.91 Å². The summed E-state index contributed by atoms with van der Waals surface area (Å²) >= 11 is 0. The lowest BCUT2D eigenvalue weighted by Gasteiger charge is -2.62. The van der Waals surface area contributed by atoms with Crippen LogP contribution in [0.15, 0.2) is 0 Å². The SMILES string of the molecule is [C-]#[N+][C@@H]1C[C@@H]2C[C@@H]2N1C(=O)[C@@H]([C@@H](CC(=O)O)C(=O)O)C12C[C@@H]3C[C@@H](CC(O)(C3)C1)C2. The topological polar surface area (TPSA) is 120 Å². The maximum atomic E-state index is 13.9. The highest BCUT2D eigenvalue weighted by Gasteiger charge is 2.66. The molecule has 8 heteroatoms. The van der Waals surface area contributed by atoms with Crippen molar-refractivity contribution < 1.29 is 29.7 Å². The molecular formula is C22H28N2O6. The molecule has 1 saturated heterocycles. The number of aliphatic hydroxyl groups is 1. The summed E-state index contributed by atoms with van der Waals surface area (Å²) in [7, 11) is 0. The molecule has 1 aliphatic heterocycles. The van der Waals surface area contributed by atoms with Gasteiger partial charge in [0.1, 0.15) is 0 Å². The first kappa shape index (κ1) is 19.8. The van der Waals surface area contributed by atoms with Crippen LogP contribution in [0.25, 0.3) is 4.85 Å². The zero-order valence-electron chi connectivity index (χ0n) is 16.9. The maximum absolute atomic E-state index is 13.9. The third kappa shape index (κ3) is 2.93. The van der Waals surface area contributed by atoms with Crippen LogP contribution >= 0.6 is 0 Å². The molecule has 30 heavy (non-hydrogen) atoms. The number of carbonyl (C=O) groups is 3. The lowest BCUT2D eigenvalue weighted by molar-refractivity contribution is -0.199. The first-order valence-corrected chi connectivity index (χ1v) is 11.0. The van der Waals surface area contributed by atoms with E-state index in [4.69, 9.17) is 6.57 Å². The molecule has 162 valence electrons. The van der Waals surface area contributed by atoms with Crippen molar-refractivity contribution in [3.8, 4) is 0 Å². The number of likely N-dealkylation sites (tertiary alicyclic amines) is 1. The average molecular weight is 416 g/mol. The Morgan fingerprint density at radius 2 is 1.73 bits per heavy atom. The Hall–Kier alpha value is -2.14. The molecule has 3 N–H and O–H groups in total. The predicted octanol–water partition coefficient (Wildman–Crippen LogP) is 1.98. The fraction of sp³-hybridized carbons (Fsp3) is 0.818. The molecule has 5 saturated carbocycles. The number of fused-ring (bicyclic) bond motifs is 1. The predicted molar refractivity (Wildman–Crippen MR) is 103 cm³/mol. The zero-order chi connectivity index (χ0) is 21.4. The smallest absolute Gasteiger partial charge is 0.307 e. The van der Waals surface area contributed by atoms with Gasteiger partial charge in [-0.3, -0.25) is 24.1 Å². The Balaban J connectivity index is 1.57. The third-order valence-electron chi connectivity index (χ3n) is 8.60. The Morgan fingerprint density at radius 1 is 1.07 bits per heavy atom. The van der Waals surface area contributed by atoms with Crippen molar-refractivity contribution in [1.29, 1.82) is 0 Å². The van der Waals surface area contributed by atoms with E-state index in [9.17, 15) is 29.7 Å². The van der Waals surface area contributed by atoms with Gasteiger partial charge < -0.3 is 15.3 Å². The van der Waals surface area contributed by atoms with Crippen molar-refractivity contribution in [1.82, 2.24) is 4.90 Å². The van der Waals surface area contributed by atoms with Crippen molar-refractivity contribution in [2.45, 2.75) is 75.6 Å². The van der Waals surface area contributed by atoms with Gasteiger partial charge in [-0.1, -0.05) is 0 Å². The standard InChI is InChI=1S/C22H28N2O6/c1-23-16-4-13-3-15(13)24(16)19(27)18(14(20(28)29)5-17(25)26)21-6-11-2-12(7-21)9-22(30,8-11)10-21/h11-16,18,30H,2-10H2,(H,25,26)(H,28,29)/t11-,12+,13-,14+,15-,16-,18+,21?,22?/m0/s1. The quantitative estimate of drug-likeness (QED) is 0.570. The number of hydrogen-bond donors (Lipinski definition) is 3. The second kappa shape index (κ2) is 6.43. The molecule has 0 aromatic rings. The lowest BCUT2D eigenvalue weighted by Crippen LogP contribution is -2.62. The number of carboxylic acid groups (broad SMARTS) is 2. The van der Waals surface area contributed by atoms with E-state index in [-0.39, 0.29) is 23.8 Å². The first-order chi connectivity index (χ1) is 14.1. The van der Waals surface area contributed by atoms with Crippen LogP contribution in [0.5, 0.6) is 0 Å². The number of hydrogen-bond acceptors (Lipinski definition) is 4. The minimum atomic E-state index is -1.35. The van der Waals surface area contributed by atoms with Crippen LogP contribution in [-0.4, -0.2) is 55.9 Å². The number of rotatable bonds is 6. The van der Waals surface area contributed by atoms with E-state index in [0.29, 0.717) is 44.4 Å². The van der Waals surface area contributed by atoms with E-state index in [1.54, 1.807) is 4.90 Å². The van der Waals surface area contributed by atoms with E-state index in [2.05, 4.69) is 4.85 Å². The van der Waals surface area contributed by atoms with Crippen molar-refractivity contribution in [3.63, 3.8) is 0 Å². The molecule has 0 aromatic heterocycles. The van der Waals surface area contributed by atoms with Crippen LogP contribution in [0.4, 0.5) is 0 Å².